The van der Waals surface area contributed by atoms with Gasteiger partial charge in [0.15, 0.2) is 0 Å². The van der Waals surface area contributed by atoms with Gasteiger partial charge in [0, 0.05) is 18.0 Å². The van der Waals surface area contributed by atoms with E-state index in [0.29, 0.717) is 0 Å². The Bertz CT molecular complexity index is 562. The summed E-state index contributed by atoms with van der Waals surface area (Å²) in [5.74, 6) is -5.37. The predicted molar refractivity (Wildman–Crippen MR) is 78.0 cm³/mol. The number of carboxylic acids is 1. The van der Waals surface area contributed by atoms with E-state index in [1.165, 1.54) is 16.2 Å². The zero-order valence-electron chi connectivity index (χ0n) is 12.3. The van der Waals surface area contributed by atoms with Crippen LogP contribution in [0.3, 0.4) is 0 Å². The van der Waals surface area contributed by atoms with Crippen LogP contribution in [0, 0.1) is 11.8 Å². The molecule has 3 atom stereocenters. The molecule has 1 aliphatic rings. The molecule has 2 N–H and O–H groups in total. The Morgan fingerprint density at radius 2 is 2.17 bits per heavy atom. The lowest BCUT2D eigenvalue weighted by molar-refractivity contribution is -0.188. The standard InChI is InChI=1S/C14H17F3N2O3S/c1-8(11-3-2-4-23-11)18-12(20)7-19-5-9(13(21)22)10(6-19)14(15,16)17/h2-4,8-10H,5-7H2,1H3,(H,18,20)(H,21,22)/t8?,9-,10-/m1/s1. The van der Waals surface area contributed by atoms with Crippen molar-refractivity contribution in [2.24, 2.45) is 11.8 Å². The average Bonchev–Trinajstić information content (AvgIpc) is 3.06. The molecule has 1 aromatic heterocycles. The summed E-state index contributed by atoms with van der Waals surface area (Å²) < 4.78 is 38.7. The first-order valence-corrected chi connectivity index (χ1v) is 7.91. The number of thiophene rings is 1. The molecular weight excluding hydrogens is 333 g/mol. The normalized spacial score (nSPS) is 23.7. The summed E-state index contributed by atoms with van der Waals surface area (Å²) >= 11 is 1.47. The molecule has 5 nitrogen and oxygen atoms in total. The predicted octanol–water partition coefficient (Wildman–Crippen LogP) is 2.12. The Hall–Kier alpha value is -1.61. The van der Waals surface area contributed by atoms with Gasteiger partial charge >= 0.3 is 12.1 Å². The van der Waals surface area contributed by atoms with Crippen molar-refractivity contribution in [2.75, 3.05) is 19.6 Å². The molecule has 2 heterocycles. The molecule has 1 saturated heterocycles. The topological polar surface area (TPSA) is 69.6 Å². The van der Waals surface area contributed by atoms with Crippen molar-refractivity contribution in [1.29, 1.82) is 0 Å². The van der Waals surface area contributed by atoms with Gasteiger partial charge in [0.2, 0.25) is 5.91 Å². The molecule has 1 unspecified atom stereocenters. The van der Waals surface area contributed by atoms with Crippen molar-refractivity contribution in [1.82, 2.24) is 10.2 Å². The van der Waals surface area contributed by atoms with Gasteiger partial charge in [-0.1, -0.05) is 6.07 Å². The number of carbonyl (C=O) groups excluding carboxylic acids is 1. The van der Waals surface area contributed by atoms with Crippen LogP contribution in [0.4, 0.5) is 13.2 Å². The SMILES string of the molecule is CC(NC(=O)CN1C[C@@H](C(F)(F)F)[C@H](C(=O)O)C1)c1cccs1. The first kappa shape index (κ1) is 17.7. The van der Waals surface area contributed by atoms with Gasteiger partial charge < -0.3 is 10.4 Å². The second kappa shape index (κ2) is 6.88. The van der Waals surface area contributed by atoms with Crippen molar-refractivity contribution in [3.05, 3.63) is 22.4 Å². The van der Waals surface area contributed by atoms with E-state index < -0.39 is 36.4 Å². The van der Waals surface area contributed by atoms with Crippen LogP contribution in [0.5, 0.6) is 0 Å². The van der Waals surface area contributed by atoms with Crippen molar-refractivity contribution in [3.8, 4) is 0 Å². The quantitative estimate of drug-likeness (QED) is 0.853. The van der Waals surface area contributed by atoms with Gasteiger partial charge in [-0.05, 0) is 18.4 Å². The number of alkyl halides is 3. The van der Waals surface area contributed by atoms with E-state index in [4.69, 9.17) is 5.11 Å². The zero-order valence-corrected chi connectivity index (χ0v) is 13.2. The molecule has 1 fully saturated rings. The fourth-order valence-electron chi connectivity index (χ4n) is 2.70. The van der Waals surface area contributed by atoms with Crippen LogP contribution in [0.1, 0.15) is 17.8 Å². The number of hydrogen-bond acceptors (Lipinski definition) is 4. The van der Waals surface area contributed by atoms with E-state index in [2.05, 4.69) is 5.32 Å². The summed E-state index contributed by atoms with van der Waals surface area (Å²) in [6, 6.07) is 3.46. The average molecular weight is 350 g/mol. The van der Waals surface area contributed by atoms with E-state index in [9.17, 15) is 22.8 Å². The second-order valence-corrected chi connectivity index (χ2v) is 6.57. The van der Waals surface area contributed by atoms with Crippen molar-refractivity contribution < 1.29 is 27.9 Å². The highest BCUT2D eigenvalue weighted by atomic mass is 32.1. The summed E-state index contributed by atoms with van der Waals surface area (Å²) in [5.41, 5.74) is 0. The van der Waals surface area contributed by atoms with Crippen LogP contribution in [0.2, 0.25) is 0 Å². The molecule has 0 bridgehead atoms. The molecule has 0 aliphatic carbocycles. The van der Waals surface area contributed by atoms with Gasteiger partial charge in [-0.25, -0.2) is 0 Å². The number of likely N-dealkylation sites (tertiary alicyclic amines) is 1. The summed E-state index contributed by atoms with van der Waals surface area (Å²) in [4.78, 5) is 25.1. The van der Waals surface area contributed by atoms with Crippen LogP contribution < -0.4 is 5.32 Å². The maximum Gasteiger partial charge on any atom is 0.393 e. The van der Waals surface area contributed by atoms with Crippen molar-refractivity contribution in [2.45, 2.75) is 19.1 Å². The van der Waals surface area contributed by atoms with Gasteiger partial charge in [0.1, 0.15) is 0 Å². The van der Waals surface area contributed by atoms with E-state index in [1.807, 2.05) is 17.5 Å². The largest absolute Gasteiger partial charge is 0.481 e. The molecule has 1 aliphatic heterocycles. The van der Waals surface area contributed by atoms with Crippen LogP contribution >= 0.6 is 11.3 Å². The monoisotopic (exact) mass is 350 g/mol. The Labute approximate surface area is 135 Å². The van der Waals surface area contributed by atoms with Gasteiger partial charge in [0.05, 0.1) is 24.4 Å². The smallest absolute Gasteiger partial charge is 0.393 e. The fraction of sp³-hybridized carbons (Fsp3) is 0.571. The highest BCUT2D eigenvalue weighted by Gasteiger charge is 2.52. The minimum absolute atomic E-state index is 0.237. The molecule has 0 spiro atoms. The molecule has 23 heavy (non-hydrogen) atoms. The molecule has 128 valence electrons. The van der Waals surface area contributed by atoms with E-state index in [-0.39, 0.29) is 19.1 Å². The minimum Gasteiger partial charge on any atom is -0.481 e. The number of carbonyl (C=O) groups is 2. The number of hydrogen-bond donors (Lipinski definition) is 2. The number of nitrogens with zero attached hydrogens (tertiary/aromatic N) is 1. The van der Waals surface area contributed by atoms with Crippen LogP contribution in [-0.2, 0) is 9.59 Å². The van der Waals surface area contributed by atoms with Gasteiger partial charge in [-0.2, -0.15) is 13.2 Å². The second-order valence-electron chi connectivity index (χ2n) is 5.59. The molecule has 1 aromatic rings. The third-order valence-electron chi connectivity index (χ3n) is 3.85. The maximum atomic E-state index is 12.9. The van der Waals surface area contributed by atoms with Crippen LogP contribution in [0.15, 0.2) is 17.5 Å². The molecule has 9 heteroatoms. The zero-order chi connectivity index (χ0) is 17.2. The molecule has 0 saturated carbocycles. The third kappa shape index (κ3) is 4.44. The summed E-state index contributed by atoms with van der Waals surface area (Å²) in [7, 11) is 0. The van der Waals surface area contributed by atoms with Gasteiger partial charge in [-0.15, -0.1) is 11.3 Å². The lowest BCUT2D eigenvalue weighted by Crippen LogP contribution is -2.38. The Morgan fingerprint density at radius 1 is 1.48 bits per heavy atom. The number of amides is 1. The highest BCUT2D eigenvalue weighted by Crippen LogP contribution is 2.37. The number of halogens is 3. The molecule has 0 aromatic carbocycles. The van der Waals surface area contributed by atoms with Gasteiger partial charge in [-0.3, -0.25) is 14.5 Å². The summed E-state index contributed by atoms with van der Waals surface area (Å²) in [6.07, 6.45) is -4.58. The lowest BCUT2D eigenvalue weighted by atomic mass is 9.96. The Kier molecular flexibility index (Phi) is 5.30. The number of nitrogens with one attached hydrogen (secondary N) is 1. The van der Waals surface area contributed by atoms with E-state index in [0.717, 1.165) is 4.88 Å². The third-order valence-corrected chi connectivity index (χ3v) is 4.90. The first-order chi connectivity index (χ1) is 10.7. The minimum atomic E-state index is -4.58. The fourth-order valence-corrected chi connectivity index (χ4v) is 3.43. The maximum absolute atomic E-state index is 12.9. The van der Waals surface area contributed by atoms with Crippen molar-refractivity contribution in [3.63, 3.8) is 0 Å². The molecule has 0 radical (unpaired) electrons. The molecule has 2 rings (SSSR count). The highest BCUT2D eigenvalue weighted by molar-refractivity contribution is 7.10. The number of aliphatic carboxylic acids is 1. The lowest BCUT2D eigenvalue weighted by Gasteiger charge is -2.19. The number of rotatable bonds is 5. The van der Waals surface area contributed by atoms with E-state index >= 15 is 0 Å². The van der Waals surface area contributed by atoms with Crippen LogP contribution in [-0.4, -0.2) is 47.7 Å². The number of carboxylic acid groups (broad SMARTS) is 1. The molecule has 1 amide bonds. The Morgan fingerprint density at radius 3 is 2.65 bits per heavy atom. The Balaban J connectivity index is 1.93. The van der Waals surface area contributed by atoms with E-state index in [1.54, 1.807) is 6.92 Å². The summed E-state index contributed by atoms with van der Waals surface area (Å²) in [6.45, 7) is 0.792. The van der Waals surface area contributed by atoms with Crippen molar-refractivity contribution >= 4 is 23.2 Å². The van der Waals surface area contributed by atoms with Crippen LogP contribution in [0.25, 0.3) is 0 Å². The summed E-state index contributed by atoms with van der Waals surface area (Å²) in [5, 5.41) is 13.5. The molecular formula is C14H17F3N2O3S. The van der Waals surface area contributed by atoms with Gasteiger partial charge in [0.25, 0.3) is 0 Å². The first-order valence-electron chi connectivity index (χ1n) is 7.03.